The number of nitrogens with zero attached hydrogens (tertiary/aromatic N) is 6. The number of rotatable bonds is 5. The number of benzene rings is 1. The van der Waals surface area contributed by atoms with E-state index in [1.54, 1.807) is 16.9 Å². The Labute approximate surface area is 216 Å². The highest BCUT2D eigenvalue weighted by Gasteiger charge is 2.32. The molecule has 2 aromatic heterocycles. The minimum absolute atomic E-state index is 0.138. The largest absolute Gasteiger partial charge is 0.355 e. The van der Waals surface area contributed by atoms with Gasteiger partial charge in [-0.1, -0.05) is 42.6 Å². The molecule has 0 saturated carbocycles. The number of hydrogen-bond donors (Lipinski definition) is 0. The molecule has 0 N–H and O–H groups in total. The molecule has 5 rings (SSSR count). The second kappa shape index (κ2) is 10.0. The number of carbonyl (C=O) groups is 1. The van der Waals surface area contributed by atoms with Crippen LogP contribution in [0.5, 0.6) is 0 Å². The van der Waals surface area contributed by atoms with Crippen LogP contribution in [0.1, 0.15) is 68.5 Å². The van der Waals surface area contributed by atoms with E-state index in [2.05, 4.69) is 26.8 Å². The van der Waals surface area contributed by atoms with Crippen molar-refractivity contribution in [1.29, 1.82) is 0 Å². The molecule has 2 unspecified atom stereocenters. The van der Waals surface area contributed by atoms with Crippen LogP contribution >= 0.6 is 23.2 Å². The van der Waals surface area contributed by atoms with Gasteiger partial charge in [0.05, 0.1) is 12.2 Å². The van der Waals surface area contributed by atoms with E-state index in [0.717, 1.165) is 30.9 Å². The van der Waals surface area contributed by atoms with Crippen LogP contribution in [0, 0.1) is 5.92 Å². The van der Waals surface area contributed by atoms with Gasteiger partial charge in [0.25, 0.3) is 0 Å². The summed E-state index contributed by atoms with van der Waals surface area (Å²) in [5, 5.41) is 5.75. The Morgan fingerprint density at radius 3 is 2.60 bits per heavy atom. The highest BCUT2D eigenvalue weighted by molar-refractivity contribution is 6.35. The molecule has 0 radical (unpaired) electrons. The molecule has 2 aliphatic rings. The Bertz CT molecular complexity index is 1240. The van der Waals surface area contributed by atoms with E-state index in [1.807, 2.05) is 19.1 Å². The van der Waals surface area contributed by atoms with E-state index in [0.29, 0.717) is 38.9 Å². The van der Waals surface area contributed by atoms with Gasteiger partial charge in [-0.25, -0.2) is 14.6 Å². The Balaban J connectivity index is 1.46. The van der Waals surface area contributed by atoms with Gasteiger partial charge in [-0.3, -0.25) is 9.69 Å². The zero-order chi connectivity index (χ0) is 24.7. The van der Waals surface area contributed by atoms with Crippen LogP contribution in [0.25, 0.3) is 11.2 Å². The number of carbonyl (C=O) groups excluding carboxylic acids is 1. The third kappa shape index (κ3) is 4.78. The lowest BCUT2D eigenvalue weighted by Gasteiger charge is -2.44. The summed E-state index contributed by atoms with van der Waals surface area (Å²) >= 11 is 12.6. The van der Waals surface area contributed by atoms with E-state index in [1.165, 1.54) is 39.3 Å². The molecule has 0 spiro atoms. The number of halogens is 2. The number of likely N-dealkylation sites (tertiary alicyclic amines) is 1. The summed E-state index contributed by atoms with van der Waals surface area (Å²) < 4.78 is 1.77. The molecule has 2 aliphatic heterocycles. The smallest absolute Gasteiger partial charge is 0.182 e. The van der Waals surface area contributed by atoms with E-state index in [9.17, 15) is 4.79 Å². The zero-order valence-electron chi connectivity index (χ0n) is 20.5. The first-order valence-electron chi connectivity index (χ1n) is 12.5. The fourth-order valence-electron chi connectivity index (χ4n) is 5.66. The fourth-order valence-corrected chi connectivity index (χ4v) is 6.23. The van der Waals surface area contributed by atoms with Crippen LogP contribution in [-0.2, 0) is 0 Å². The SMILES string of the molecule is CC(=O)c1nn([C@H](C)c2ccc(Cl)cc2Cl)c2nc(N3CCC(N4CCCCC4)C(C)C3)cnc12. The summed E-state index contributed by atoms with van der Waals surface area (Å²) in [6, 6.07) is 5.80. The summed E-state index contributed by atoms with van der Waals surface area (Å²) in [4.78, 5) is 27.0. The predicted octanol–water partition coefficient (Wildman–Crippen LogP) is 5.65. The first kappa shape index (κ1) is 24.5. The van der Waals surface area contributed by atoms with E-state index >= 15 is 0 Å². The van der Waals surface area contributed by atoms with Gasteiger partial charge in [-0.15, -0.1) is 0 Å². The number of anilines is 1. The molecule has 4 heterocycles. The lowest BCUT2D eigenvalue weighted by atomic mass is 9.91. The van der Waals surface area contributed by atoms with Gasteiger partial charge in [-0.2, -0.15) is 5.10 Å². The number of aromatic nitrogens is 4. The average molecular weight is 515 g/mol. The maximum atomic E-state index is 12.4. The minimum Gasteiger partial charge on any atom is -0.355 e. The average Bonchev–Trinajstić information content (AvgIpc) is 3.23. The summed E-state index contributed by atoms with van der Waals surface area (Å²) in [5.41, 5.74) is 2.30. The second-order valence-electron chi connectivity index (χ2n) is 9.97. The molecule has 2 saturated heterocycles. The van der Waals surface area contributed by atoms with Crippen molar-refractivity contribution in [3.8, 4) is 0 Å². The second-order valence-corrected chi connectivity index (χ2v) is 10.8. The first-order chi connectivity index (χ1) is 16.8. The molecule has 0 amide bonds. The predicted molar refractivity (Wildman–Crippen MR) is 141 cm³/mol. The van der Waals surface area contributed by atoms with Gasteiger partial charge in [0.15, 0.2) is 17.1 Å². The number of piperidine rings is 2. The molecule has 1 aromatic carbocycles. The number of hydrogen-bond acceptors (Lipinski definition) is 6. The Morgan fingerprint density at radius 1 is 1.14 bits per heavy atom. The number of fused-ring (bicyclic) bond motifs is 1. The van der Waals surface area contributed by atoms with E-state index in [-0.39, 0.29) is 11.8 Å². The molecular formula is C26H32Cl2N6O. The molecule has 9 heteroatoms. The summed E-state index contributed by atoms with van der Waals surface area (Å²) in [7, 11) is 0. The summed E-state index contributed by atoms with van der Waals surface area (Å²) in [6.07, 6.45) is 6.89. The van der Waals surface area contributed by atoms with Gasteiger partial charge in [0, 0.05) is 36.1 Å². The standard InChI is InChI=1S/C26H32Cl2N6O/c1-16-15-33(12-9-22(16)32-10-5-4-6-11-32)23-14-29-25-24(18(3)35)31-34(26(25)30-23)17(2)20-8-7-19(27)13-21(20)28/h7-8,13-14,16-17,22H,4-6,9-12,15H2,1-3H3/t16?,17-,22?/m1/s1. The van der Waals surface area contributed by atoms with Crippen molar-refractivity contribution in [1.82, 2.24) is 24.6 Å². The van der Waals surface area contributed by atoms with Gasteiger partial charge >= 0.3 is 0 Å². The Hall–Kier alpha value is -2.22. The van der Waals surface area contributed by atoms with Crippen molar-refractivity contribution in [3.05, 3.63) is 45.7 Å². The number of ketones is 1. The first-order valence-corrected chi connectivity index (χ1v) is 13.3. The van der Waals surface area contributed by atoms with Gasteiger partial charge in [0.1, 0.15) is 11.3 Å². The molecule has 7 nitrogen and oxygen atoms in total. The minimum atomic E-state index is -0.247. The van der Waals surface area contributed by atoms with Gasteiger partial charge < -0.3 is 4.90 Å². The topological polar surface area (TPSA) is 67.2 Å². The van der Waals surface area contributed by atoms with Crippen molar-refractivity contribution < 1.29 is 4.79 Å². The van der Waals surface area contributed by atoms with Crippen molar-refractivity contribution in [2.75, 3.05) is 31.1 Å². The molecule has 3 aromatic rings. The van der Waals surface area contributed by atoms with Crippen LogP contribution in [-0.4, -0.2) is 62.7 Å². The molecule has 0 aliphatic carbocycles. The molecule has 0 bridgehead atoms. The van der Waals surface area contributed by atoms with Crippen LogP contribution < -0.4 is 4.90 Å². The van der Waals surface area contributed by atoms with Crippen LogP contribution in [0.15, 0.2) is 24.4 Å². The molecule has 2 fully saturated rings. The number of Topliss-reactive ketones (excluding diaryl/α,β-unsaturated/α-hetero) is 1. The van der Waals surface area contributed by atoms with E-state index in [4.69, 9.17) is 28.2 Å². The van der Waals surface area contributed by atoms with Gasteiger partial charge in [-0.05, 0) is 62.9 Å². The van der Waals surface area contributed by atoms with Crippen molar-refractivity contribution in [2.24, 2.45) is 5.92 Å². The quantitative estimate of drug-likeness (QED) is 0.410. The monoisotopic (exact) mass is 514 g/mol. The lowest BCUT2D eigenvalue weighted by Crippen LogP contribution is -2.51. The van der Waals surface area contributed by atoms with Crippen molar-refractivity contribution >= 4 is 46.0 Å². The lowest BCUT2D eigenvalue weighted by molar-refractivity contribution is 0.101. The fraction of sp³-hybridized carbons (Fsp3) is 0.538. The van der Waals surface area contributed by atoms with Crippen molar-refractivity contribution in [2.45, 2.75) is 58.5 Å². The molecule has 186 valence electrons. The maximum absolute atomic E-state index is 12.4. The Kier molecular flexibility index (Phi) is 7.02. The summed E-state index contributed by atoms with van der Waals surface area (Å²) in [6.45, 7) is 10.2. The van der Waals surface area contributed by atoms with E-state index < -0.39 is 0 Å². The Morgan fingerprint density at radius 2 is 1.91 bits per heavy atom. The zero-order valence-corrected chi connectivity index (χ0v) is 22.1. The van der Waals surface area contributed by atoms with Crippen molar-refractivity contribution in [3.63, 3.8) is 0 Å². The molecular weight excluding hydrogens is 483 g/mol. The third-order valence-electron chi connectivity index (χ3n) is 7.55. The third-order valence-corrected chi connectivity index (χ3v) is 8.11. The highest BCUT2D eigenvalue weighted by Crippen LogP contribution is 2.32. The maximum Gasteiger partial charge on any atom is 0.182 e. The summed E-state index contributed by atoms with van der Waals surface area (Å²) in [5.74, 6) is 1.23. The van der Waals surface area contributed by atoms with Crippen LogP contribution in [0.4, 0.5) is 5.82 Å². The van der Waals surface area contributed by atoms with Crippen LogP contribution in [0.3, 0.4) is 0 Å². The van der Waals surface area contributed by atoms with Crippen LogP contribution in [0.2, 0.25) is 10.0 Å². The normalized spacial score (nSPS) is 22.5. The highest BCUT2D eigenvalue weighted by atomic mass is 35.5. The van der Waals surface area contributed by atoms with Gasteiger partial charge in [0.2, 0.25) is 0 Å². The molecule has 35 heavy (non-hydrogen) atoms. The molecule has 3 atom stereocenters.